The van der Waals surface area contributed by atoms with Gasteiger partial charge in [0.25, 0.3) is 5.91 Å². The standard InChI is InChI=1S/C15H23N5O2/c1-10-7-11(2)20(17-10)12-8-18(9-12)5-6-19-13(21)15(3,4)16-14(19)22/h7,12H,5-6,8-9H2,1-4H3,(H,16,22). The van der Waals surface area contributed by atoms with Crippen LogP contribution in [-0.4, -0.2) is 63.2 Å². The third-order valence-corrected chi connectivity index (χ3v) is 4.41. The summed E-state index contributed by atoms with van der Waals surface area (Å²) >= 11 is 0. The second-order valence-electron chi connectivity index (χ2n) is 6.80. The van der Waals surface area contributed by atoms with Gasteiger partial charge < -0.3 is 5.32 Å². The molecule has 3 heterocycles. The molecule has 0 aliphatic carbocycles. The molecule has 0 saturated carbocycles. The summed E-state index contributed by atoms with van der Waals surface area (Å²) in [4.78, 5) is 27.5. The molecule has 1 aromatic heterocycles. The van der Waals surface area contributed by atoms with Crippen LogP contribution in [0.3, 0.4) is 0 Å². The first-order valence-corrected chi connectivity index (χ1v) is 7.67. The summed E-state index contributed by atoms with van der Waals surface area (Å²) in [5, 5.41) is 7.21. The van der Waals surface area contributed by atoms with Crippen molar-refractivity contribution in [2.75, 3.05) is 26.2 Å². The van der Waals surface area contributed by atoms with E-state index in [-0.39, 0.29) is 11.9 Å². The van der Waals surface area contributed by atoms with Crippen molar-refractivity contribution in [3.05, 3.63) is 17.5 Å². The van der Waals surface area contributed by atoms with E-state index in [4.69, 9.17) is 0 Å². The summed E-state index contributed by atoms with van der Waals surface area (Å²) in [6.45, 7) is 10.5. The molecule has 3 amide bonds. The van der Waals surface area contributed by atoms with Gasteiger partial charge in [-0.3, -0.25) is 19.3 Å². The molecule has 2 aliphatic rings. The van der Waals surface area contributed by atoms with E-state index in [1.165, 1.54) is 10.6 Å². The van der Waals surface area contributed by atoms with E-state index >= 15 is 0 Å². The molecule has 0 bridgehead atoms. The number of carbonyl (C=O) groups is 2. The highest BCUT2D eigenvalue weighted by Crippen LogP contribution is 2.23. The lowest BCUT2D eigenvalue weighted by Gasteiger charge is -2.40. The molecule has 22 heavy (non-hydrogen) atoms. The number of aromatic nitrogens is 2. The van der Waals surface area contributed by atoms with Crippen LogP contribution in [0.2, 0.25) is 0 Å². The number of hydrogen-bond donors (Lipinski definition) is 1. The highest BCUT2D eigenvalue weighted by atomic mass is 16.2. The summed E-state index contributed by atoms with van der Waals surface area (Å²) < 4.78 is 2.07. The third-order valence-electron chi connectivity index (χ3n) is 4.41. The molecule has 1 N–H and O–H groups in total. The van der Waals surface area contributed by atoms with Gasteiger partial charge in [0, 0.05) is 31.9 Å². The van der Waals surface area contributed by atoms with Crippen LogP contribution in [0.25, 0.3) is 0 Å². The lowest BCUT2D eigenvalue weighted by Crippen LogP contribution is -2.51. The smallest absolute Gasteiger partial charge is 0.324 e. The fourth-order valence-corrected chi connectivity index (χ4v) is 3.16. The first-order valence-electron chi connectivity index (χ1n) is 7.67. The minimum Gasteiger partial charge on any atom is -0.324 e. The summed E-state index contributed by atoms with van der Waals surface area (Å²) in [5.74, 6) is -0.145. The predicted octanol–water partition coefficient (Wildman–Crippen LogP) is 0.687. The van der Waals surface area contributed by atoms with Crippen molar-refractivity contribution in [3.63, 3.8) is 0 Å². The number of urea groups is 1. The molecule has 0 atom stereocenters. The van der Waals surface area contributed by atoms with Crippen LogP contribution in [0.5, 0.6) is 0 Å². The molecule has 7 nitrogen and oxygen atoms in total. The molecule has 0 spiro atoms. The second kappa shape index (κ2) is 5.08. The molecule has 0 radical (unpaired) electrons. The van der Waals surface area contributed by atoms with Gasteiger partial charge in [-0.15, -0.1) is 0 Å². The zero-order valence-electron chi connectivity index (χ0n) is 13.6. The maximum Gasteiger partial charge on any atom is 0.325 e. The summed E-state index contributed by atoms with van der Waals surface area (Å²) in [5.41, 5.74) is 1.44. The number of rotatable bonds is 4. The summed E-state index contributed by atoms with van der Waals surface area (Å²) in [6.07, 6.45) is 0. The van der Waals surface area contributed by atoms with Crippen molar-refractivity contribution in [1.29, 1.82) is 0 Å². The predicted molar refractivity (Wildman–Crippen MR) is 81.5 cm³/mol. The monoisotopic (exact) mass is 305 g/mol. The number of amides is 3. The molecule has 2 aliphatic heterocycles. The molecule has 7 heteroatoms. The Kier molecular flexibility index (Phi) is 3.47. The van der Waals surface area contributed by atoms with Gasteiger partial charge in [-0.1, -0.05) is 0 Å². The van der Waals surface area contributed by atoms with Crippen LogP contribution >= 0.6 is 0 Å². The fourth-order valence-electron chi connectivity index (χ4n) is 3.16. The van der Waals surface area contributed by atoms with Gasteiger partial charge in [-0.2, -0.15) is 5.10 Å². The maximum atomic E-state index is 12.1. The average molecular weight is 305 g/mol. The average Bonchev–Trinajstić information content (AvgIpc) is 2.78. The topological polar surface area (TPSA) is 70.5 Å². The van der Waals surface area contributed by atoms with E-state index in [0.717, 1.165) is 18.8 Å². The number of nitrogens with zero attached hydrogens (tertiary/aromatic N) is 4. The van der Waals surface area contributed by atoms with Crippen LogP contribution in [0.1, 0.15) is 31.3 Å². The minimum atomic E-state index is -0.779. The van der Waals surface area contributed by atoms with E-state index in [1.807, 2.05) is 6.92 Å². The molecule has 2 fully saturated rings. The van der Waals surface area contributed by atoms with Gasteiger partial charge in [0.15, 0.2) is 0 Å². The molecule has 3 rings (SSSR count). The van der Waals surface area contributed by atoms with Crippen molar-refractivity contribution in [3.8, 4) is 0 Å². The van der Waals surface area contributed by atoms with Crippen LogP contribution in [0, 0.1) is 13.8 Å². The number of nitrogens with one attached hydrogen (secondary N) is 1. The Morgan fingerprint density at radius 3 is 2.45 bits per heavy atom. The summed E-state index contributed by atoms with van der Waals surface area (Å²) in [6, 6.07) is 2.19. The molecule has 120 valence electrons. The Balaban J connectivity index is 1.50. The third kappa shape index (κ3) is 2.49. The normalized spacial score (nSPS) is 22.1. The van der Waals surface area contributed by atoms with Gasteiger partial charge >= 0.3 is 6.03 Å². The zero-order chi connectivity index (χ0) is 16.1. The SMILES string of the molecule is Cc1cc(C)n(C2CN(CCN3C(=O)NC(C)(C)C3=O)C2)n1. The number of hydrogen-bond acceptors (Lipinski definition) is 4. The molecule has 2 saturated heterocycles. The lowest BCUT2D eigenvalue weighted by atomic mass is 10.1. The van der Waals surface area contributed by atoms with Gasteiger partial charge in [0.1, 0.15) is 5.54 Å². The van der Waals surface area contributed by atoms with Crippen molar-refractivity contribution < 1.29 is 9.59 Å². The fraction of sp³-hybridized carbons (Fsp3) is 0.667. The van der Waals surface area contributed by atoms with Gasteiger partial charge in [0.05, 0.1) is 11.7 Å². The Morgan fingerprint density at radius 1 is 1.27 bits per heavy atom. The lowest BCUT2D eigenvalue weighted by molar-refractivity contribution is -0.130. The Bertz CT molecular complexity index is 615. The Hall–Kier alpha value is -1.89. The first kappa shape index (κ1) is 15.0. The van der Waals surface area contributed by atoms with Gasteiger partial charge in [-0.05, 0) is 33.8 Å². The van der Waals surface area contributed by atoms with Crippen LogP contribution < -0.4 is 5.32 Å². The number of imide groups is 1. The minimum absolute atomic E-state index is 0.145. The zero-order valence-corrected chi connectivity index (χ0v) is 13.6. The van der Waals surface area contributed by atoms with Crippen LogP contribution in [0.15, 0.2) is 6.07 Å². The largest absolute Gasteiger partial charge is 0.325 e. The van der Waals surface area contributed by atoms with E-state index in [1.54, 1.807) is 13.8 Å². The highest BCUT2D eigenvalue weighted by molar-refractivity contribution is 6.06. The van der Waals surface area contributed by atoms with Crippen LogP contribution in [-0.2, 0) is 4.79 Å². The Morgan fingerprint density at radius 2 is 1.95 bits per heavy atom. The van der Waals surface area contributed by atoms with Gasteiger partial charge in [-0.25, -0.2) is 4.79 Å². The van der Waals surface area contributed by atoms with E-state index in [2.05, 4.69) is 33.0 Å². The van der Waals surface area contributed by atoms with Crippen molar-refractivity contribution in [2.45, 2.75) is 39.3 Å². The molecule has 0 unspecified atom stereocenters. The quantitative estimate of drug-likeness (QED) is 0.831. The Labute approximate surface area is 130 Å². The van der Waals surface area contributed by atoms with E-state index < -0.39 is 5.54 Å². The molecule has 1 aromatic rings. The number of carbonyl (C=O) groups excluding carboxylic acids is 2. The van der Waals surface area contributed by atoms with E-state index in [9.17, 15) is 9.59 Å². The number of aryl methyl sites for hydroxylation is 2. The highest BCUT2D eigenvalue weighted by Gasteiger charge is 2.44. The number of likely N-dealkylation sites (tertiary alicyclic amines) is 1. The van der Waals surface area contributed by atoms with Crippen molar-refractivity contribution >= 4 is 11.9 Å². The van der Waals surface area contributed by atoms with Gasteiger partial charge in [0.2, 0.25) is 0 Å². The molecular formula is C15H23N5O2. The van der Waals surface area contributed by atoms with E-state index in [0.29, 0.717) is 19.1 Å². The molecule has 0 aromatic carbocycles. The van der Waals surface area contributed by atoms with Crippen LogP contribution in [0.4, 0.5) is 4.79 Å². The van der Waals surface area contributed by atoms with Crippen molar-refractivity contribution in [1.82, 2.24) is 24.9 Å². The molecular weight excluding hydrogens is 282 g/mol. The maximum absolute atomic E-state index is 12.1. The second-order valence-corrected chi connectivity index (χ2v) is 6.80. The summed E-state index contributed by atoms with van der Waals surface area (Å²) in [7, 11) is 0. The van der Waals surface area contributed by atoms with Crippen molar-refractivity contribution in [2.24, 2.45) is 0 Å². The first-order chi connectivity index (χ1) is 10.3.